The van der Waals surface area contributed by atoms with Crippen molar-refractivity contribution in [1.29, 1.82) is 0 Å². The first-order chi connectivity index (χ1) is 9.83. The molecule has 0 aliphatic rings. The van der Waals surface area contributed by atoms with E-state index >= 15 is 0 Å². The lowest BCUT2D eigenvalue weighted by Gasteiger charge is -2.11. The second-order valence-electron chi connectivity index (χ2n) is 4.32. The van der Waals surface area contributed by atoms with Crippen molar-refractivity contribution in [3.63, 3.8) is 0 Å². The van der Waals surface area contributed by atoms with Crippen molar-refractivity contribution in [3.05, 3.63) is 29.6 Å². The molecular weight excluding hydrogens is 294 g/mol. The Balaban J connectivity index is 2.40. The van der Waals surface area contributed by atoms with Crippen molar-refractivity contribution in [3.8, 4) is 5.75 Å². The maximum absolute atomic E-state index is 12.3. The minimum Gasteiger partial charge on any atom is -0.495 e. The number of anilines is 2. The van der Waals surface area contributed by atoms with Crippen LogP contribution >= 0.6 is 0 Å². The van der Waals surface area contributed by atoms with Crippen LogP contribution < -0.4 is 15.2 Å². The van der Waals surface area contributed by atoms with Crippen LogP contribution in [-0.4, -0.2) is 30.7 Å². The number of methoxy groups -OCH3 is 1. The number of rotatable bonds is 4. The summed E-state index contributed by atoms with van der Waals surface area (Å²) in [6.45, 7) is 3.45. The van der Waals surface area contributed by atoms with Crippen molar-refractivity contribution in [2.24, 2.45) is 0 Å². The molecule has 0 spiro atoms. The highest BCUT2D eigenvalue weighted by molar-refractivity contribution is 7.92. The van der Waals surface area contributed by atoms with E-state index < -0.39 is 10.0 Å². The van der Waals surface area contributed by atoms with Crippen LogP contribution in [0.4, 0.5) is 11.6 Å². The second-order valence-corrected chi connectivity index (χ2v) is 5.97. The zero-order valence-electron chi connectivity index (χ0n) is 11.8. The van der Waals surface area contributed by atoms with Gasteiger partial charge in [-0.05, 0) is 26.0 Å². The van der Waals surface area contributed by atoms with Crippen LogP contribution in [0.25, 0.3) is 0 Å². The summed E-state index contributed by atoms with van der Waals surface area (Å²) in [6, 6.07) is 4.25. The van der Waals surface area contributed by atoms with E-state index in [0.717, 1.165) is 0 Å². The number of nitrogens with zero attached hydrogens (tertiary/aromatic N) is 3. The monoisotopic (exact) mass is 309 g/mol. The summed E-state index contributed by atoms with van der Waals surface area (Å²) < 4.78 is 32.0. The highest BCUT2D eigenvalue weighted by Gasteiger charge is 2.21. The van der Waals surface area contributed by atoms with Gasteiger partial charge in [0.15, 0.2) is 0 Å². The molecule has 1 heterocycles. The van der Waals surface area contributed by atoms with Crippen LogP contribution in [0.5, 0.6) is 5.75 Å². The average molecular weight is 309 g/mol. The number of nitrogens with one attached hydrogen (secondary N) is 1. The molecule has 0 aliphatic heterocycles. The van der Waals surface area contributed by atoms with Crippen LogP contribution in [0, 0.1) is 13.8 Å². The summed E-state index contributed by atoms with van der Waals surface area (Å²) in [5.74, 6) is 0.0382. The van der Waals surface area contributed by atoms with Crippen molar-refractivity contribution in [2.75, 3.05) is 17.6 Å². The zero-order valence-corrected chi connectivity index (χ0v) is 12.6. The number of aromatic nitrogens is 3. The molecule has 0 radical (unpaired) electrons. The molecule has 1 aromatic heterocycles. The second kappa shape index (κ2) is 5.52. The Hall–Kier alpha value is -2.42. The fraction of sp³-hybridized carbons (Fsp3) is 0.250. The van der Waals surface area contributed by atoms with Gasteiger partial charge in [0.05, 0.1) is 18.5 Å². The van der Waals surface area contributed by atoms with Gasteiger partial charge in [0, 0.05) is 11.8 Å². The summed E-state index contributed by atoms with van der Waals surface area (Å²) in [5, 5.41) is 7.53. The smallest absolute Gasteiger partial charge is 0.267 e. The van der Waals surface area contributed by atoms with Gasteiger partial charge in [-0.25, -0.2) is 18.1 Å². The van der Waals surface area contributed by atoms with E-state index in [4.69, 9.17) is 10.5 Å². The van der Waals surface area contributed by atoms with Crippen LogP contribution in [0.15, 0.2) is 23.1 Å². The van der Waals surface area contributed by atoms with E-state index in [1.165, 1.54) is 25.3 Å². The fourth-order valence-corrected chi connectivity index (χ4v) is 2.67. The number of aryl methyl sites for hydroxylation is 2. The maximum Gasteiger partial charge on any atom is 0.267 e. The minimum atomic E-state index is -3.90. The predicted octanol–water partition coefficient (Wildman–Crippen LogP) is 0.880. The normalized spacial score (nSPS) is 11.2. The molecule has 0 saturated heterocycles. The van der Waals surface area contributed by atoms with Crippen LogP contribution in [-0.2, 0) is 10.0 Å². The number of ether oxygens (including phenoxy) is 1. The van der Waals surface area contributed by atoms with E-state index in [9.17, 15) is 8.42 Å². The fourth-order valence-electron chi connectivity index (χ4n) is 1.58. The van der Waals surface area contributed by atoms with Gasteiger partial charge < -0.3 is 10.5 Å². The lowest BCUT2D eigenvalue weighted by molar-refractivity contribution is 0.403. The van der Waals surface area contributed by atoms with E-state index in [2.05, 4.69) is 19.9 Å². The van der Waals surface area contributed by atoms with E-state index in [-0.39, 0.29) is 16.6 Å². The molecule has 0 aliphatic carbocycles. The summed E-state index contributed by atoms with van der Waals surface area (Å²) in [6.07, 6.45) is 0. The molecule has 0 bridgehead atoms. The first-order valence-corrected chi connectivity index (χ1v) is 7.46. The molecule has 2 aromatic rings. The first kappa shape index (κ1) is 15.0. The van der Waals surface area contributed by atoms with E-state index in [1.807, 2.05) is 0 Å². The van der Waals surface area contributed by atoms with Gasteiger partial charge in [-0.3, -0.25) is 0 Å². The Morgan fingerprint density at radius 1 is 1.19 bits per heavy atom. The summed E-state index contributed by atoms with van der Waals surface area (Å²) >= 11 is 0. The highest BCUT2D eigenvalue weighted by Crippen LogP contribution is 2.27. The maximum atomic E-state index is 12.3. The number of nitrogen functional groups attached to an aromatic ring is 1. The van der Waals surface area contributed by atoms with Crippen LogP contribution in [0.2, 0.25) is 0 Å². The molecule has 8 nitrogen and oxygen atoms in total. The molecule has 0 atom stereocenters. The average Bonchev–Trinajstić information content (AvgIpc) is 2.42. The molecule has 0 amide bonds. The quantitative estimate of drug-likeness (QED) is 0.804. The summed E-state index contributed by atoms with van der Waals surface area (Å²) in [7, 11) is -2.54. The van der Waals surface area contributed by atoms with Gasteiger partial charge in [-0.1, -0.05) is 0 Å². The molecule has 3 N–H and O–H groups in total. The standard InChI is InChI=1S/C12H15N5O3S/c1-7-8(2)15-16-12(14-7)17-21(18,19)11-5-4-9(13)6-10(11)20-3/h4-6H,13H2,1-3H3,(H,14,16,17). The number of nitrogens with two attached hydrogens (primary N) is 1. The zero-order chi connectivity index (χ0) is 15.6. The number of hydrogen-bond donors (Lipinski definition) is 2. The molecule has 9 heteroatoms. The number of hydrogen-bond acceptors (Lipinski definition) is 7. The van der Waals surface area contributed by atoms with Gasteiger partial charge in [0.1, 0.15) is 10.6 Å². The largest absolute Gasteiger partial charge is 0.495 e. The third-order valence-electron chi connectivity index (χ3n) is 2.79. The molecule has 0 unspecified atom stereocenters. The van der Waals surface area contributed by atoms with E-state index in [0.29, 0.717) is 17.1 Å². The van der Waals surface area contributed by atoms with Gasteiger partial charge in [0.2, 0.25) is 0 Å². The molecule has 0 fully saturated rings. The molecule has 2 rings (SSSR count). The topological polar surface area (TPSA) is 120 Å². The number of sulfonamides is 1. The molecule has 21 heavy (non-hydrogen) atoms. The van der Waals surface area contributed by atoms with Gasteiger partial charge in [-0.2, -0.15) is 5.10 Å². The van der Waals surface area contributed by atoms with Crippen molar-refractivity contribution in [2.45, 2.75) is 18.7 Å². The third-order valence-corrected chi connectivity index (χ3v) is 4.16. The van der Waals surface area contributed by atoms with Gasteiger partial charge in [-0.15, -0.1) is 5.10 Å². The first-order valence-electron chi connectivity index (χ1n) is 5.98. The lowest BCUT2D eigenvalue weighted by Crippen LogP contribution is -2.17. The van der Waals surface area contributed by atoms with E-state index in [1.54, 1.807) is 13.8 Å². The Morgan fingerprint density at radius 3 is 2.52 bits per heavy atom. The Kier molecular flexibility index (Phi) is 3.94. The number of benzene rings is 1. The summed E-state index contributed by atoms with van der Waals surface area (Å²) in [5.41, 5.74) is 7.22. The minimum absolute atomic E-state index is 0.0546. The van der Waals surface area contributed by atoms with Crippen molar-refractivity contribution < 1.29 is 13.2 Å². The Morgan fingerprint density at radius 2 is 1.90 bits per heavy atom. The Bertz CT molecular complexity index is 776. The van der Waals surface area contributed by atoms with Gasteiger partial charge >= 0.3 is 0 Å². The van der Waals surface area contributed by atoms with Crippen molar-refractivity contribution >= 4 is 21.7 Å². The van der Waals surface area contributed by atoms with Crippen LogP contribution in [0.1, 0.15) is 11.4 Å². The van der Waals surface area contributed by atoms with Gasteiger partial charge in [0.25, 0.3) is 16.0 Å². The molecule has 1 aromatic carbocycles. The van der Waals surface area contributed by atoms with Crippen LogP contribution in [0.3, 0.4) is 0 Å². The molecular formula is C12H15N5O3S. The predicted molar refractivity (Wildman–Crippen MR) is 77.5 cm³/mol. The van der Waals surface area contributed by atoms with Crippen molar-refractivity contribution in [1.82, 2.24) is 15.2 Å². The SMILES string of the molecule is COc1cc(N)ccc1S(=O)(=O)Nc1nnc(C)c(C)n1. The molecule has 112 valence electrons. The summed E-state index contributed by atoms with van der Waals surface area (Å²) in [4.78, 5) is 3.97. The lowest BCUT2D eigenvalue weighted by atomic mass is 10.3. The highest BCUT2D eigenvalue weighted by atomic mass is 32.2. The Labute approximate surface area is 122 Å². The third kappa shape index (κ3) is 3.19. The molecule has 0 saturated carbocycles.